The van der Waals surface area contributed by atoms with Crippen molar-refractivity contribution in [1.29, 1.82) is 0 Å². The molecule has 146 valence electrons. The fourth-order valence-electron chi connectivity index (χ4n) is 4.36. The molecule has 5 heteroatoms. The van der Waals surface area contributed by atoms with Gasteiger partial charge in [-0.2, -0.15) is 9.49 Å². The van der Waals surface area contributed by atoms with Crippen LogP contribution in [0.15, 0.2) is 60.8 Å². The van der Waals surface area contributed by atoms with Gasteiger partial charge in [-0.3, -0.25) is 4.68 Å². The Hall–Kier alpha value is -3.21. The van der Waals surface area contributed by atoms with Crippen LogP contribution in [0.4, 0.5) is 10.2 Å². The lowest BCUT2D eigenvalue weighted by Crippen LogP contribution is -2.32. The Labute approximate surface area is 169 Å². The molecule has 0 fully saturated rings. The maximum atomic E-state index is 13.6. The van der Waals surface area contributed by atoms with Gasteiger partial charge in [-0.25, -0.2) is 4.98 Å². The lowest BCUT2D eigenvalue weighted by Gasteiger charge is -2.32. The van der Waals surface area contributed by atoms with E-state index in [-0.39, 0.29) is 6.04 Å². The molecule has 0 amide bonds. The van der Waals surface area contributed by atoms with Gasteiger partial charge >= 0.3 is 0 Å². The largest absolute Gasteiger partial charge is 0.352 e. The number of pyridine rings is 1. The van der Waals surface area contributed by atoms with Crippen molar-refractivity contribution in [3.8, 4) is 0 Å². The Morgan fingerprint density at radius 1 is 1.07 bits per heavy atom. The van der Waals surface area contributed by atoms with Crippen molar-refractivity contribution in [3.05, 3.63) is 89.0 Å². The van der Waals surface area contributed by atoms with E-state index in [1.165, 1.54) is 28.3 Å². The van der Waals surface area contributed by atoms with Crippen LogP contribution in [-0.4, -0.2) is 21.3 Å². The standard InChI is InChI=1S/C24H23FN4/c1-16-9-10-19-14-26-29(22(19)13-16)17(2)20-6-3-5-18-11-12-28(15-21(18)20)24-8-4-7-23(25)27-24/h3-10,13-14,17H,11-12,15H2,1-2H3. The second-order valence-electron chi connectivity index (χ2n) is 7.80. The Kier molecular flexibility index (Phi) is 4.31. The van der Waals surface area contributed by atoms with Crippen molar-refractivity contribution in [2.75, 3.05) is 11.4 Å². The fraction of sp³-hybridized carbons (Fsp3) is 0.250. The number of fused-ring (bicyclic) bond motifs is 2. The topological polar surface area (TPSA) is 34.0 Å². The van der Waals surface area contributed by atoms with Crippen LogP contribution < -0.4 is 4.90 Å². The first-order valence-electron chi connectivity index (χ1n) is 10.0. The summed E-state index contributed by atoms with van der Waals surface area (Å²) in [5, 5.41) is 5.84. The van der Waals surface area contributed by atoms with Gasteiger partial charge in [0.2, 0.25) is 5.95 Å². The second kappa shape index (κ2) is 6.99. The first-order chi connectivity index (χ1) is 14.1. The quantitative estimate of drug-likeness (QED) is 0.462. The second-order valence-corrected chi connectivity index (χ2v) is 7.80. The van der Waals surface area contributed by atoms with Gasteiger partial charge < -0.3 is 4.90 Å². The SMILES string of the molecule is Cc1ccc2cnn(C(C)c3cccc4c3CN(c3cccc(F)n3)CC4)c2c1. The Morgan fingerprint density at radius 3 is 2.79 bits per heavy atom. The molecular weight excluding hydrogens is 363 g/mol. The van der Waals surface area contributed by atoms with Gasteiger partial charge in [0.05, 0.1) is 17.8 Å². The van der Waals surface area contributed by atoms with E-state index in [9.17, 15) is 4.39 Å². The summed E-state index contributed by atoms with van der Waals surface area (Å²) < 4.78 is 15.8. The van der Waals surface area contributed by atoms with Crippen molar-refractivity contribution in [2.24, 2.45) is 0 Å². The summed E-state index contributed by atoms with van der Waals surface area (Å²) in [6.07, 6.45) is 2.86. The molecule has 29 heavy (non-hydrogen) atoms. The van der Waals surface area contributed by atoms with Gasteiger partial charge in [0.15, 0.2) is 0 Å². The molecule has 5 rings (SSSR count). The lowest BCUT2D eigenvalue weighted by molar-refractivity contribution is 0.567. The minimum atomic E-state index is -0.437. The summed E-state index contributed by atoms with van der Waals surface area (Å²) in [4.78, 5) is 6.25. The van der Waals surface area contributed by atoms with Crippen LogP contribution in [0.3, 0.4) is 0 Å². The molecule has 0 saturated carbocycles. The number of rotatable bonds is 3. The van der Waals surface area contributed by atoms with Crippen molar-refractivity contribution >= 4 is 16.7 Å². The van der Waals surface area contributed by atoms with E-state index in [0.717, 1.165) is 30.4 Å². The van der Waals surface area contributed by atoms with Crippen LogP contribution in [0.1, 0.15) is 35.2 Å². The highest BCUT2D eigenvalue weighted by molar-refractivity contribution is 5.79. The molecule has 2 aromatic heterocycles. The summed E-state index contributed by atoms with van der Waals surface area (Å²) in [5.74, 6) is 0.256. The first kappa shape index (κ1) is 17.9. The van der Waals surface area contributed by atoms with Gasteiger partial charge in [-0.1, -0.05) is 36.4 Å². The van der Waals surface area contributed by atoms with E-state index in [0.29, 0.717) is 5.82 Å². The Bertz CT molecular complexity index is 1200. The number of aryl methyl sites for hydroxylation is 1. The summed E-state index contributed by atoms with van der Waals surface area (Å²) in [6.45, 7) is 5.87. The van der Waals surface area contributed by atoms with Gasteiger partial charge in [-0.05, 0) is 60.7 Å². The Morgan fingerprint density at radius 2 is 1.93 bits per heavy atom. The minimum Gasteiger partial charge on any atom is -0.352 e. The fourth-order valence-corrected chi connectivity index (χ4v) is 4.36. The molecule has 2 aromatic carbocycles. The van der Waals surface area contributed by atoms with E-state index >= 15 is 0 Å². The molecule has 1 aliphatic rings. The highest BCUT2D eigenvalue weighted by atomic mass is 19.1. The van der Waals surface area contributed by atoms with Crippen molar-refractivity contribution in [3.63, 3.8) is 0 Å². The minimum absolute atomic E-state index is 0.102. The maximum Gasteiger partial charge on any atom is 0.214 e. The van der Waals surface area contributed by atoms with Crippen LogP contribution in [0.25, 0.3) is 10.9 Å². The third-order valence-corrected chi connectivity index (χ3v) is 5.90. The van der Waals surface area contributed by atoms with E-state index in [4.69, 9.17) is 5.10 Å². The van der Waals surface area contributed by atoms with Crippen LogP contribution in [0.2, 0.25) is 0 Å². The molecule has 1 aliphatic heterocycles. The van der Waals surface area contributed by atoms with Crippen molar-refractivity contribution in [1.82, 2.24) is 14.8 Å². The zero-order valence-electron chi connectivity index (χ0n) is 16.6. The molecule has 1 unspecified atom stereocenters. The zero-order valence-corrected chi connectivity index (χ0v) is 16.6. The van der Waals surface area contributed by atoms with Gasteiger partial charge in [0.25, 0.3) is 0 Å². The van der Waals surface area contributed by atoms with E-state index < -0.39 is 5.95 Å². The molecule has 0 saturated heterocycles. The van der Waals surface area contributed by atoms with Gasteiger partial charge in [0.1, 0.15) is 5.82 Å². The number of benzene rings is 2. The maximum absolute atomic E-state index is 13.6. The average molecular weight is 386 g/mol. The molecule has 0 spiro atoms. The molecule has 4 nitrogen and oxygen atoms in total. The predicted octanol–water partition coefficient (Wildman–Crippen LogP) is 5.05. The molecule has 1 atom stereocenters. The van der Waals surface area contributed by atoms with E-state index in [1.807, 2.05) is 12.3 Å². The van der Waals surface area contributed by atoms with E-state index in [2.05, 4.69) is 64.8 Å². The normalized spacial score (nSPS) is 14.8. The molecule has 0 N–H and O–H groups in total. The summed E-state index contributed by atoms with van der Waals surface area (Å²) in [5.41, 5.74) is 6.29. The third-order valence-electron chi connectivity index (χ3n) is 5.90. The number of aromatic nitrogens is 3. The van der Waals surface area contributed by atoms with Gasteiger partial charge in [0, 0.05) is 18.5 Å². The van der Waals surface area contributed by atoms with Crippen LogP contribution in [0.5, 0.6) is 0 Å². The number of nitrogens with zero attached hydrogens (tertiary/aromatic N) is 4. The average Bonchev–Trinajstić information content (AvgIpc) is 3.15. The number of hydrogen-bond acceptors (Lipinski definition) is 3. The molecule has 0 bridgehead atoms. The van der Waals surface area contributed by atoms with Crippen molar-refractivity contribution < 1.29 is 4.39 Å². The summed E-state index contributed by atoms with van der Waals surface area (Å²) >= 11 is 0. The molecule has 4 aromatic rings. The Balaban J connectivity index is 1.55. The highest BCUT2D eigenvalue weighted by Gasteiger charge is 2.23. The number of anilines is 1. The summed E-state index contributed by atoms with van der Waals surface area (Å²) in [6, 6.07) is 18.1. The summed E-state index contributed by atoms with van der Waals surface area (Å²) in [7, 11) is 0. The smallest absolute Gasteiger partial charge is 0.214 e. The molecule has 0 aliphatic carbocycles. The van der Waals surface area contributed by atoms with Crippen LogP contribution >= 0.6 is 0 Å². The monoisotopic (exact) mass is 386 g/mol. The lowest BCUT2D eigenvalue weighted by atomic mass is 9.91. The third kappa shape index (κ3) is 3.16. The molecule has 3 heterocycles. The molecular formula is C24H23FN4. The number of hydrogen-bond donors (Lipinski definition) is 0. The van der Waals surface area contributed by atoms with Crippen LogP contribution in [-0.2, 0) is 13.0 Å². The highest BCUT2D eigenvalue weighted by Crippen LogP contribution is 2.32. The van der Waals surface area contributed by atoms with Gasteiger partial charge in [-0.15, -0.1) is 0 Å². The predicted molar refractivity (Wildman–Crippen MR) is 114 cm³/mol. The van der Waals surface area contributed by atoms with Crippen molar-refractivity contribution in [2.45, 2.75) is 32.9 Å². The van der Waals surface area contributed by atoms with E-state index in [1.54, 1.807) is 6.07 Å². The number of halogens is 1. The zero-order chi connectivity index (χ0) is 20.0. The molecule has 0 radical (unpaired) electrons. The first-order valence-corrected chi connectivity index (χ1v) is 10.0. The van der Waals surface area contributed by atoms with Crippen LogP contribution in [0, 0.1) is 12.9 Å².